The molecule has 0 fully saturated rings. The number of carbonyl (C=O) groups is 1. The van der Waals surface area contributed by atoms with Crippen molar-refractivity contribution in [2.75, 3.05) is 5.73 Å². The van der Waals surface area contributed by atoms with Crippen molar-refractivity contribution in [3.8, 4) is 11.1 Å². The highest BCUT2D eigenvalue weighted by molar-refractivity contribution is 7.87. The molecule has 2 rings (SSSR count). The fourth-order valence-electron chi connectivity index (χ4n) is 1.61. The molecule has 94 valence electrons. The molecule has 0 unspecified atom stereocenters. The molecule has 7 nitrogen and oxygen atoms in total. The van der Waals surface area contributed by atoms with Gasteiger partial charge in [0.15, 0.2) is 6.29 Å². The number of nitrogen functional groups attached to an aromatic ring is 1. The summed E-state index contributed by atoms with van der Waals surface area (Å²) in [5.41, 5.74) is 6.87. The summed E-state index contributed by atoms with van der Waals surface area (Å²) in [7, 11) is -4.01. The molecule has 0 aromatic carbocycles. The van der Waals surface area contributed by atoms with Gasteiger partial charge in [0.05, 0.1) is 5.69 Å². The summed E-state index contributed by atoms with van der Waals surface area (Å²) < 4.78 is 23.2. The molecule has 0 saturated heterocycles. The summed E-state index contributed by atoms with van der Waals surface area (Å²) in [4.78, 5) is 14.9. The van der Waals surface area contributed by atoms with Crippen molar-refractivity contribution in [3.05, 3.63) is 36.4 Å². The highest BCUT2D eigenvalue weighted by Crippen LogP contribution is 2.25. The van der Waals surface area contributed by atoms with Gasteiger partial charge in [-0.05, 0) is 12.1 Å². The minimum atomic E-state index is -4.01. The van der Waals surface area contributed by atoms with Crippen LogP contribution in [0.1, 0.15) is 10.5 Å². The first kappa shape index (κ1) is 12.3. The van der Waals surface area contributed by atoms with Crippen LogP contribution in [0.3, 0.4) is 0 Å². The predicted molar refractivity (Wildman–Crippen MR) is 66.0 cm³/mol. The lowest BCUT2D eigenvalue weighted by molar-refractivity contribution is 0.111. The molecule has 0 spiro atoms. The molecule has 18 heavy (non-hydrogen) atoms. The molecule has 0 aliphatic rings. The molecule has 0 saturated carbocycles. The second kappa shape index (κ2) is 4.24. The lowest BCUT2D eigenvalue weighted by Crippen LogP contribution is -2.22. The van der Waals surface area contributed by atoms with Gasteiger partial charge in [-0.1, -0.05) is 0 Å². The van der Waals surface area contributed by atoms with E-state index in [1.54, 1.807) is 6.07 Å². The van der Waals surface area contributed by atoms with Crippen molar-refractivity contribution in [1.29, 1.82) is 0 Å². The maximum absolute atomic E-state index is 11.3. The minimum absolute atomic E-state index is 0.0649. The van der Waals surface area contributed by atoms with E-state index in [0.717, 1.165) is 0 Å². The number of hydrogen-bond donors (Lipinski definition) is 2. The molecule has 8 heteroatoms. The van der Waals surface area contributed by atoms with E-state index in [4.69, 9.17) is 10.9 Å². The third kappa shape index (κ3) is 2.11. The van der Waals surface area contributed by atoms with Crippen LogP contribution < -0.4 is 10.9 Å². The van der Waals surface area contributed by atoms with E-state index in [9.17, 15) is 13.2 Å². The molecule has 0 bridgehead atoms. The summed E-state index contributed by atoms with van der Waals surface area (Å²) in [5, 5.41) is 4.99. The van der Waals surface area contributed by atoms with Crippen LogP contribution in [-0.4, -0.2) is 23.7 Å². The molecule has 2 aromatic rings. The predicted octanol–water partition coefficient (Wildman–Crippen LogP) is -0.00360. The number of nitrogens with zero attached hydrogens (tertiary/aromatic N) is 2. The molecule has 0 aliphatic carbocycles. The number of aromatic nitrogens is 2. The smallest absolute Gasteiger partial charge is 0.302 e. The van der Waals surface area contributed by atoms with E-state index in [2.05, 4.69) is 4.98 Å². The van der Waals surface area contributed by atoms with Crippen molar-refractivity contribution in [2.24, 2.45) is 5.14 Å². The van der Waals surface area contributed by atoms with Crippen LogP contribution in [0, 0.1) is 0 Å². The first-order valence-corrected chi connectivity index (χ1v) is 6.34. The quantitative estimate of drug-likeness (QED) is 0.757. The van der Waals surface area contributed by atoms with Gasteiger partial charge < -0.3 is 5.73 Å². The third-order valence-electron chi connectivity index (χ3n) is 2.35. The number of anilines is 1. The number of rotatable bonds is 3. The van der Waals surface area contributed by atoms with Crippen LogP contribution >= 0.6 is 0 Å². The van der Waals surface area contributed by atoms with Gasteiger partial charge in [0, 0.05) is 29.7 Å². The minimum Gasteiger partial charge on any atom is -0.397 e. The van der Waals surface area contributed by atoms with Crippen molar-refractivity contribution in [1.82, 2.24) is 8.96 Å². The maximum Gasteiger partial charge on any atom is 0.302 e. The average molecular weight is 266 g/mol. The van der Waals surface area contributed by atoms with Crippen LogP contribution in [0.4, 0.5) is 5.69 Å². The molecule has 0 radical (unpaired) electrons. The summed E-state index contributed by atoms with van der Waals surface area (Å²) in [6, 6.07) is 3.05. The summed E-state index contributed by atoms with van der Waals surface area (Å²) in [5.74, 6) is 0. The SMILES string of the molecule is Nc1cncc(-c2ccn(S(N)(=O)=O)c2C=O)c1. The van der Waals surface area contributed by atoms with E-state index >= 15 is 0 Å². The normalized spacial score (nSPS) is 11.4. The maximum atomic E-state index is 11.3. The monoisotopic (exact) mass is 266 g/mol. The zero-order valence-electron chi connectivity index (χ0n) is 9.15. The van der Waals surface area contributed by atoms with Gasteiger partial charge in [-0.2, -0.15) is 8.42 Å². The van der Waals surface area contributed by atoms with Crippen LogP contribution in [0.2, 0.25) is 0 Å². The third-order valence-corrected chi connectivity index (χ3v) is 3.21. The Hall–Kier alpha value is -2.19. The van der Waals surface area contributed by atoms with Crippen molar-refractivity contribution >= 4 is 22.2 Å². The zero-order chi connectivity index (χ0) is 13.3. The fourth-order valence-corrected chi connectivity index (χ4v) is 2.26. The molecule has 2 aromatic heterocycles. The topological polar surface area (TPSA) is 121 Å². The van der Waals surface area contributed by atoms with Gasteiger partial charge in [0.1, 0.15) is 5.69 Å². The Balaban J connectivity index is 2.67. The van der Waals surface area contributed by atoms with Crippen molar-refractivity contribution in [3.63, 3.8) is 0 Å². The van der Waals surface area contributed by atoms with E-state index in [0.29, 0.717) is 27.1 Å². The molecule has 0 aliphatic heterocycles. The number of pyridine rings is 1. The van der Waals surface area contributed by atoms with Gasteiger partial charge in [0.2, 0.25) is 0 Å². The molecule has 2 heterocycles. The Morgan fingerprint density at radius 3 is 2.61 bits per heavy atom. The fraction of sp³-hybridized carbons (Fsp3) is 0. The standard InChI is InChI=1S/C10H10N4O3S/c11-8-3-7(4-13-5-8)9-1-2-14(10(9)6-15)18(12,16)17/h1-6H,11H2,(H2,12,16,17). The van der Waals surface area contributed by atoms with Crippen LogP contribution in [0.25, 0.3) is 11.1 Å². The Bertz CT molecular complexity index is 706. The first-order chi connectivity index (χ1) is 8.43. The second-order valence-electron chi connectivity index (χ2n) is 3.58. The zero-order valence-corrected chi connectivity index (χ0v) is 9.96. The lowest BCUT2D eigenvalue weighted by Gasteiger charge is -2.04. The van der Waals surface area contributed by atoms with E-state index in [-0.39, 0.29) is 5.69 Å². The van der Waals surface area contributed by atoms with Gasteiger partial charge >= 0.3 is 10.2 Å². The van der Waals surface area contributed by atoms with Crippen LogP contribution in [-0.2, 0) is 10.2 Å². The Kier molecular flexibility index (Phi) is 2.89. The first-order valence-electron chi connectivity index (χ1n) is 4.84. The van der Waals surface area contributed by atoms with Crippen molar-refractivity contribution < 1.29 is 13.2 Å². The Morgan fingerprint density at radius 1 is 1.33 bits per heavy atom. The number of aldehydes is 1. The molecule has 4 N–H and O–H groups in total. The van der Waals surface area contributed by atoms with Crippen LogP contribution in [0.5, 0.6) is 0 Å². The number of carbonyl (C=O) groups excluding carboxylic acids is 1. The van der Waals surface area contributed by atoms with Crippen LogP contribution in [0.15, 0.2) is 30.7 Å². The van der Waals surface area contributed by atoms with E-state index in [1.165, 1.54) is 24.7 Å². The summed E-state index contributed by atoms with van der Waals surface area (Å²) in [6.07, 6.45) is 4.55. The van der Waals surface area contributed by atoms with Gasteiger partial charge in [-0.3, -0.25) is 9.78 Å². The molecule has 0 atom stereocenters. The van der Waals surface area contributed by atoms with Gasteiger partial charge in [-0.15, -0.1) is 0 Å². The Labute approximate surface area is 103 Å². The van der Waals surface area contributed by atoms with Gasteiger partial charge in [-0.25, -0.2) is 9.11 Å². The molecular formula is C10H10N4O3S. The summed E-state index contributed by atoms with van der Waals surface area (Å²) >= 11 is 0. The highest BCUT2D eigenvalue weighted by atomic mass is 32.2. The Morgan fingerprint density at radius 2 is 2.06 bits per heavy atom. The van der Waals surface area contributed by atoms with Crippen molar-refractivity contribution in [2.45, 2.75) is 0 Å². The second-order valence-corrected chi connectivity index (χ2v) is 5.00. The highest BCUT2D eigenvalue weighted by Gasteiger charge is 2.16. The number of nitrogens with two attached hydrogens (primary N) is 2. The largest absolute Gasteiger partial charge is 0.397 e. The average Bonchev–Trinajstić information content (AvgIpc) is 2.72. The lowest BCUT2D eigenvalue weighted by atomic mass is 10.1. The molecule has 0 amide bonds. The molecular weight excluding hydrogens is 256 g/mol. The van der Waals surface area contributed by atoms with E-state index in [1.807, 2.05) is 0 Å². The summed E-state index contributed by atoms with van der Waals surface area (Å²) in [6.45, 7) is 0. The van der Waals surface area contributed by atoms with E-state index < -0.39 is 10.2 Å². The van der Waals surface area contributed by atoms with Gasteiger partial charge in [0.25, 0.3) is 0 Å². The number of hydrogen-bond acceptors (Lipinski definition) is 5.